The van der Waals surface area contributed by atoms with Crippen molar-refractivity contribution in [2.45, 2.75) is 6.54 Å². The molecule has 0 aliphatic rings. The number of amides is 1. The Labute approximate surface area is 148 Å². The van der Waals surface area contributed by atoms with Crippen LogP contribution < -0.4 is 16.4 Å². The van der Waals surface area contributed by atoms with Gasteiger partial charge in [0, 0.05) is 11.4 Å². The van der Waals surface area contributed by atoms with Crippen LogP contribution >= 0.6 is 11.3 Å². The first-order chi connectivity index (χ1) is 12.1. The number of aromatic nitrogens is 1. The smallest absolute Gasteiger partial charge is 0.251 e. The van der Waals surface area contributed by atoms with Crippen LogP contribution in [-0.4, -0.2) is 17.9 Å². The maximum absolute atomic E-state index is 13.1. The van der Waals surface area contributed by atoms with Gasteiger partial charge in [-0.3, -0.25) is 4.79 Å². The lowest BCUT2D eigenvalue weighted by Gasteiger charge is -2.06. The molecule has 5 nitrogen and oxygen atoms in total. The normalized spacial score (nSPS) is 10.6. The second-order valence-corrected chi connectivity index (χ2v) is 6.45. The van der Waals surface area contributed by atoms with Crippen molar-refractivity contribution in [3.05, 3.63) is 65.6 Å². The van der Waals surface area contributed by atoms with Crippen LogP contribution in [0.4, 0.5) is 15.2 Å². The van der Waals surface area contributed by atoms with Gasteiger partial charge in [-0.2, -0.15) is 0 Å². The number of carbonyl (C=O) groups is 1. The fourth-order valence-corrected chi connectivity index (χ4v) is 3.44. The topological polar surface area (TPSA) is 80.0 Å². The molecule has 0 aliphatic heterocycles. The average molecular weight is 356 g/mol. The van der Waals surface area contributed by atoms with Crippen LogP contribution in [0.25, 0.3) is 10.4 Å². The predicted molar refractivity (Wildman–Crippen MR) is 98.5 cm³/mol. The maximum Gasteiger partial charge on any atom is 0.251 e. The molecule has 2 aromatic heterocycles. The van der Waals surface area contributed by atoms with Gasteiger partial charge in [0.2, 0.25) is 0 Å². The Morgan fingerprint density at radius 3 is 2.68 bits per heavy atom. The summed E-state index contributed by atoms with van der Waals surface area (Å²) in [6, 6.07) is 13.4. The van der Waals surface area contributed by atoms with E-state index in [1.165, 1.54) is 23.5 Å². The lowest BCUT2D eigenvalue weighted by molar-refractivity contribution is 0.100. The number of halogens is 1. The molecule has 3 aromatic rings. The molecule has 0 aliphatic carbocycles. The molecule has 0 fully saturated rings. The van der Waals surface area contributed by atoms with Crippen LogP contribution in [0.5, 0.6) is 0 Å². The summed E-state index contributed by atoms with van der Waals surface area (Å²) in [6.07, 6.45) is 0. The third kappa shape index (κ3) is 4.01. The Morgan fingerprint density at radius 2 is 2.00 bits per heavy atom. The zero-order chi connectivity index (χ0) is 17.8. The minimum absolute atomic E-state index is 0.306. The molecule has 0 saturated heterocycles. The Kier molecular flexibility index (Phi) is 5.06. The van der Waals surface area contributed by atoms with Crippen molar-refractivity contribution in [2.75, 3.05) is 12.4 Å². The molecule has 0 atom stereocenters. The molecule has 128 valence electrons. The number of rotatable bonds is 6. The number of benzene rings is 1. The summed E-state index contributed by atoms with van der Waals surface area (Å²) in [5, 5.41) is 6.81. The minimum Gasteiger partial charge on any atom is -0.366 e. The van der Waals surface area contributed by atoms with Crippen LogP contribution in [0.3, 0.4) is 0 Å². The van der Waals surface area contributed by atoms with E-state index in [-0.39, 0.29) is 5.82 Å². The molecule has 0 unspecified atom stereocenters. The van der Waals surface area contributed by atoms with E-state index in [0.29, 0.717) is 22.9 Å². The Morgan fingerprint density at radius 1 is 1.24 bits per heavy atom. The molecule has 7 heteroatoms. The van der Waals surface area contributed by atoms with Crippen molar-refractivity contribution < 1.29 is 9.18 Å². The van der Waals surface area contributed by atoms with Crippen molar-refractivity contribution >= 4 is 28.1 Å². The Balaban J connectivity index is 1.94. The highest BCUT2D eigenvalue weighted by Gasteiger charge is 2.15. The zero-order valence-corrected chi connectivity index (χ0v) is 14.4. The van der Waals surface area contributed by atoms with E-state index in [1.807, 2.05) is 25.2 Å². The number of nitrogens with one attached hydrogen (secondary N) is 2. The van der Waals surface area contributed by atoms with Gasteiger partial charge in [-0.1, -0.05) is 18.2 Å². The van der Waals surface area contributed by atoms with E-state index in [9.17, 15) is 9.18 Å². The molecule has 0 spiro atoms. The fourth-order valence-electron chi connectivity index (χ4n) is 2.37. The summed E-state index contributed by atoms with van der Waals surface area (Å²) >= 11 is 1.37. The second kappa shape index (κ2) is 7.42. The highest BCUT2D eigenvalue weighted by molar-refractivity contribution is 7.19. The number of hydrogen-bond donors (Lipinski definition) is 3. The van der Waals surface area contributed by atoms with Crippen LogP contribution in [0.2, 0.25) is 0 Å². The fraction of sp³-hybridized carbons (Fsp3) is 0.111. The van der Waals surface area contributed by atoms with Crippen molar-refractivity contribution in [3.63, 3.8) is 0 Å². The molecule has 1 aromatic carbocycles. The van der Waals surface area contributed by atoms with Gasteiger partial charge in [0.25, 0.3) is 5.91 Å². The summed E-state index contributed by atoms with van der Waals surface area (Å²) in [7, 11) is 1.85. The molecular weight excluding hydrogens is 339 g/mol. The quantitative estimate of drug-likeness (QED) is 0.631. The number of anilines is 2. The van der Waals surface area contributed by atoms with Crippen molar-refractivity contribution in [3.8, 4) is 10.4 Å². The monoisotopic (exact) mass is 356 g/mol. The minimum atomic E-state index is -0.529. The van der Waals surface area contributed by atoms with Gasteiger partial charge in [0.15, 0.2) is 0 Å². The van der Waals surface area contributed by atoms with Crippen LogP contribution in [0.1, 0.15) is 16.1 Å². The van der Waals surface area contributed by atoms with Crippen molar-refractivity contribution in [1.82, 2.24) is 10.3 Å². The number of pyridine rings is 1. The van der Waals surface area contributed by atoms with Crippen LogP contribution in [-0.2, 0) is 6.54 Å². The number of nitrogens with zero attached hydrogens (tertiary/aromatic N) is 1. The summed E-state index contributed by atoms with van der Waals surface area (Å²) in [5.41, 5.74) is 7.57. The molecule has 0 bridgehead atoms. The Bertz CT molecular complexity index is 892. The van der Waals surface area contributed by atoms with Crippen LogP contribution in [0.15, 0.2) is 48.5 Å². The van der Waals surface area contributed by atoms with E-state index in [0.717, 1.165) is 16.1 Å². The largest absolute Gasteiger partial charge is 0.366 e. The predicted octanol–water partition coefficient (Wildman–Crippen LogP) is 3.51. The van der Waals surface area contributed by atoms with E-state index in [1.54, 1.807) is 18.2 Å². The van der Waals surface area contributed by atoms with Gasteiger partial charge in [-0.05, 0) is 42.9 Å². The number of carbonyl (C=O) groups excluding carboxylic acids is 1. The van der Waals surface area contributed by atoms with E-state index < -0.39 is 5.91 Å². The van der Waals surface area contributed by atoms with Gasteiger partial charge in [0.1, 0.15) is 16.6 Å². The number of nitrogens with two attached hydrogens (primary N) is 1. The first kappa shape index (κ1) is 17.1. The molecule has 0 radical (unpaired) electrons. The first-order valence-corrected chi connectivity index (χ1v) is 8.45. The van der Waals surface area contributed by atoms with Gasteiger partial charge in [-0.25, -0.2) is 9.37 Å². The van der Waals surface area contributed by atoms with Gasteiger partial charge < -0.3 is 16.4 Å². The van der Waals surface area contributed by atoms with Crippen molar-refractivity contribution in [1.29, 1.82) is 0 Å². The number of thiophene rings is 1. The van der Waals surface area contributed by atoms with E-state index in [2.05, 4.69) is 15.6 Å². The molecule has 2 heterocycles. The SMILES string of the molecule is CNCc1cccc(Nc2sc(-c3ccc(F)cc3)cc2C(N)=O)n1. The van der Waals surface area contributed by atoms with Gasteiger partial charge in [-0.15, -0.1) is 11.3 Å². The standard InChI is InChI=1S/C18H17FN4OS/c1-21-10-13-3-2-4-16(22-13)23-18-14(17(20)24)9-15(25-18)11-5-7-12(19)8-6-11/h2-9,21H,10H2,1H3,(H2,20,24)(H,22,23). The maximum atomic E-state index is 13.1. The lowest BCUT2D eigenvalue weighted by atomic mass is 10.1. The molecule has 3 rings (SSSR count). The third-order valence-electron chi connectivity index (χ3n) is 3.53. The highest BCUT2D eigenvalue weighted by Crippen LogP contribution is 2.36. The summed E-state index contributed by atoms with van der Waals surface area (Å²) in [4.78, 5) is 17.1. The zero-order valence-electron chi connectivity index (χ0n) is 13.5. The lowest BCUT2D eigenvalue weighted by Crippen LogP contribution is -2.12. The molecule has 4 N–H and O–H groups in total. The molecule has 0 saturated carbocycles. The highest BCUT2D eigenvalue weighted by atomic mass is 32.1. The third-order valence-corrected chi connectivity index (χ3v) is 4.63. The van der Waals surface area contributed by atoms with Gasteiger partial charge >= 0.3 is 0 Å². The van der Waals surface area contributed by atoms with Gasteiger partial charge in [0.05, 0.1) is 11.3 Å². The number of primary amides is 1. The molecule has 1 amide bonds. The molecular formula is C18H17FN4OS. The second-order valence-electron chi connectivity index (χ2n) is 5.39. The number of hydrogen-bond acceptors (Lipinski definition) is 5. The Hall–Kier alpha value is -2.77. The molecule has 25 heavy (non-hydrogen) atoms. The first-order valence-electron chi connectivity index (χ1n) is 7.64. The summed E-state index contributed by atoms with van der Waals surface area (Å²) in [6.45, 7) is 0.642. The summed E-state index contributed by atoms with van der Waals surface area (Å²) in [5.74, 6) is -0.208. The van der Waals surface area contributed by atoms with E-state index >= 15 is 0 Å². The average Bonchev–Trinajstić information content (AvgIpc) is 3.00. The summed E-state index contributed by atoms with van der Waals surface area (Å²) < 4.78 is 13.1. The van der Waals surface area contributed by atoms with E-state index in [4.69, 9.17) is 5.73 Å². The van der Waals surface area contributed by atoms with Crippen molar-refractivity contribution in [2.24, 2.45) is 5.73 Å². The van der Waals surface area contributed by atoms with Crippen LogP contribution in [0, 0.1) is 5.82 Å².